The lowest BCUT2D eigenvalue weighted by Gasteiger charge is -2.36. The van der Waals surface area contributed by atoms with Crippen LogP contribution in [0.3, 0.4) is 0 Å². The minimum absolute atomic E-state index is 0.130. The van der Waals surface area contributed by atoms with Gasteiger partial charge in [-0.1, -0.05) is 48.5 Å². The predicted molar refractivity (Wildman–Crippen MR) is 83.0 cm³/mol. The van der Waals surface area contributed by atoms with E-state index in [0.717, 1.165) is 30.4 Å². The second-order valence-electron chi connectivity index (χ2n) is 5.67. The van der Waals surface area contributed by atoms with Crippen molar-refractivity contribution in [3.05, 3.63) is 60.2 Å². The van der Waals surface area contributed by atoms with Crippen LogP contribution in [0.2, 0.25) is 0 Å². The Morgan fingerprint density at radius 3 is 2.38 bits per heavy atom. The van der Waals surface area contributed by atoms with E-state index >= 15 is 0 Å². The van der Waals surface area contributed by atoms with Gasteiger partial charge in [-0.3, -0.25) is 4.79 Å². The van der Waals surface area contributed by atoms with E-state index in [1.54, 1.807) is 0 Å². The van der Waals surface area contributed by atoms with Crippen LogP contribution in [0.5, 0.6) is 0 Å². The first-order valence-electron chi connectivity index (χ1n) is 7.33. The molecule has 0 aliphatic heterocycles. The predicted octanol–water partition coefficient (Wildman–Crippen LogP) is 3.00. The number of hydrogen-bond donors (Lipinski definition) is 2. The van der Waals surface area contributed by atoms with Crippen molar-refractivity contribution in [2.24, 2.45) is 0 Å². The molecule has 3 heteroatoms. The molecular weight excluding hydrogens is 262 g/mol. The van der Waals surface area contributed by atoms with E-state index in [1.807, 2.05) is 54.6 Å². The highest BCUT2D eigenvalue weighted by Crippen LogP contribution is 2.31. The Morgan fingerprint density at radius 1 is 1.05 bits per heavy atom. The van der Waals surface area contributed by atoms with Crippen molar-refractivity contribution in [2.75, 3.05) is 6.54 Å². The number of hydrogen-bond acceptors (Lipinski definition) is 2. The number of aliphatic hydroxyl groups is 1. The molecular formula is C18H19NO2. The Morgan fingerprint density at radius 2 is 1.71 bits per heavy atom. The summed E-state index contributed by atoms with van der Waals surface area (Å²) in [6.07, 6.45) is 2.58. The first kappa shape index (κ1) is 13.8. The normalized spacial score (nSPS) is 16.0. The maximum absolute atomic E-state index is 12.4. The summed E-state index contributed by atoms with van der Waals surface area (Å²) in [6.45, 7) is 0.328. The van der Waals surface area contributed by atoms with Crippen LogP contribution in [-0.2, 0) is 0 Å². The molecule has 0 spiro atoms. The first-order chi connectivity index (χ1) is 10.2. The second kappa shape index (κ2) is 5.70. The minimum atomic E-state index is -0.697. The number of carbonyl (C=O) groups is 1. The van der Waals surface area contributed by atoms with Crippen LogP contribution in [0, 0.1) is 0 Å². The summed E-state index contributed by atoms with van der Waals surface area (Å²) >= 11 is 0. The highest BCUT2D eigenvalue weighted by Gasteiger charge is 2.34. The summed E-state index contributed by atoms with van der Waals surface area (Å²) in [6, 6.07) is 17.4. The maximum Gasteiger partial charge on any atom is 0.252 e. The first-order valence-corrected chi connectivity index (χ1v) is 7.33. The molecule has 2 aromatic carbocycles. The Labute approximate surface area is 124 Å². The Kier molecular flexibility index (Phi) is 3.76. The van der Waals surface area contributed by atoms with Gasteiger partial charge in [-0.2, -0.15) is 0 Å². The lowest BCUT2D eigenvalue weighted by molar-refractivity contribution is -0.0300. The molecule has 3 rings (SSSR count). The van der Waals surface area contributed by atoms with Gasteiger partial charge in [0, 0.05) is 12.1 Å². The van der Waals surface area contributed by atoms with Gasteiger partial charge < -0.3 is 10.4 Å². The third kappa shape index (κ3) is 2.98. The van der Waals surface area contributed by atoms with E-state index < -0.39 is 5.60 Å². The third-order valence-electron chi connectivity index (χ3n) is 4.12. The Balaban J connectivity index is 1.80. The lowest BCUT2D eigenvalue weighted by Crippen LogP contribution is -2.47. The summed E-state index contributed by atoms with van der Waals surface area (Å²) in [7, 11) is 0. The van der Waals surface area contributed by atoms with E-state index in [9.17, 15) is 9.90 Å². The molecule has 0 unspecified atom stereocenters. The van der Waals surface area contributed by atoms with Gasteiger partial charge in [0.25, 0.3) is 5.91 Å². The van der Waals surface area contributed by atoms with Gasteiger partial charge in [0.15, 0.2) is 0 Å². The van der Waals surface area contributed by atoms with Crippen molar-refractivity contribution < 1.29 is 9.90 Å². The standard InChI is InChI=1S/C18H19NO2/c20-17(19-13-18(21)11-6-12-18)16-10-5-4-9-15(16)14-7-2-1-3-8-14/h1-5,7-10,21H,6,11-13H2,(H,19,20). The average molecular weight is 281 g/mol. The fraction of sp³-hybridized carbons (Fsp3) is 0.278. The molecule has 21 heavy (non-hydrogen) atoms. The zero-order chi connectivity index (χ0) is 14.7. The molecule has 0 bridgehead atoms. The van der Waals surface area contributed by atoms with Crippen LogP contribution in [-0.4, -0.2) is 23.2 Å². The van der Waals surface area contributed by atoms with Crippen LogP contribution >= 0.6 is 0 Å². The van der Waals surface area contributed by atoms with Crippen LogP contribution in [0.15, 0.2) is 54.6 Å². The van der Waals surface area contributed by atoms with Crippen molar-refractivity contribution >= 4 is 5.91 Å². The van der Waals surface area contributed by atoms with Crippen LogP contribution < -0.4 is 5.32 Å². The Hall–Kier alpha value is -2.13. The smallest absolute Gasteiger partial charge is 0.252 e. The molecule has 1 aliphatic rings. The fourth-order valence-electron chi connectivity index (χ4n) is 2.65. The van der Waals surface area contributed by atoms with E-state index in [4.69, 9.17) is 0 Å². The molecule has 1 saturated carbocycles. The summed E-state index contributed by atoms with van der Waals surface area (Å²) in [5.74, 6) is -0.130. The van der Waals surface area contributed by atoms with Gasteiger partial charge in [0.05, 0.1) is 5.60 Å². The molecule has 2 aromatic rings. The van der Waals surface area contributed by atoms with Crippen LogP contribution in [0.25, 0.3) is 11.1 Å². The summed E-state index contributed by atoms with van der Waals surface area (Å²) in [5.41, 5.74) is 1.88. The minimum Gasteiger partial charge on any atom is -0.388 e. The highest BCUT2D eigenvalue weighted by molar-refractivity contribution is 6.00. The number of benzene rings is 2. The molecule has 0 aromatic heterocycles. The quantitative estimate of drug-likeness (QED) is 0.905. The average Bonchev–Trinajstić information content (AvgIpc) is 2.51. The summed E-state index contributed by atoms with van der Waals surface area (Å²) < 4.78 is 0. The van der Waals surface area contributed by atoms with E-state index in [2.05, 4.69) is 5.32 Å². The number of nitrogens with one attached hydrogen (secondary N) is 1. The summed E-state index contributed by atoms with van der Waals surface area (Å²) in [5, 5.41) is 12.9. The zero-order valence-electron chi connectivity index (χ0n) is 11.9. The molecule has 0 heterocycles. The van der Waals surface area contributed by atoms with Gasteiger partial charge in [-0.15, -0.1) is 0 Å². The Bertz CT molecular complexity index is 633. The molecule has 0 radical (unpaired) electrons. The molecule has 1 fully saturated rings. The highest BCUT2D eigenvalue weighted by atomic mass is 16.3. The largest absolute Gasteiger partial charge is 0.388 e. The van der Waals surface area contributed by atoms with Gasteiger partial charge >= 0.3 is 0 Å². The molecule has 2 N–H and O–H groups in total. The zero-order valence-corrected chi connectivity index (χ0v) is 11.9. The van der Waals surface area contributed by atoms with Crippen molar-refractivity contribution in [3.63, 3.8) is 0 Å². The van der Waals surface area contributed by atoms with E-state index in [-0.39, 0.29) is 5.91 Å². The number of carbonyl (C=O) groups excluding carboxylic acids is 1. The number of amides is 1. The van der Waals surface area contributed by atoms with Crippen LogP contribution in [0.1, 0.15) is 29.6 Å². The van der Waals surface area contributed by atoms with Gasteiger partial charge in [0.1, 0.15) is 0 Å². The molecule has 0 saturated heterocycles. The molecule has 108 valence electrons. The molecule has 1 amide bonds. The molecule has 0 atom stereocenters. The third-order valence-corrected chi connectivity index (χ3v) is 4.12. The summed E-state index contributed by atoms with van der Waals surface area (Å²) in [4.78, 5) is 12.4. The van der Waals surface area contributed by atoms with Gasteiger partial charge in [0.2, 0.25) is 0 Å². The monoisotopic (exact) mass is 281 g/mol. The topological polar surface area (TPSA) is 49.3 Å². The van der Waals surface area contributed by atoms with Gasteiger partial charge in [-0.05, 0) is 36.5 Å². The molecule has 3 nitrogen and oxygen atoms in total. The van der Waals surface area contributed by atoms with E-state index in [1.165, 1.54) is 0 Å². The van der Waals surface area contributed by atoms with Crippen LogP contribution in [0.4, 0.5) is 0 Å². The SMILES string of the molecule is O=C(NCC1(O)CCC1)c1ccccc1-c1ccccc1. The molecule has 1 aliphatic carbocycles. The number of rotatable bonds is 4. The second-order valence-corrected chi connectivity index (χ2v) is 5.67. The van der Waals surface area contributed by atoms with Crippen molar-refractivity contribution in [3.8, 4) is 11.1 Å². The van der Waals surface area contributed by atoms with Crippen molar-refractivity contribution in [1.82, 2.24) is 5.32 Å². The lowest BCUT2D eigenvalue weighted by atomic mass is 9.80. The fourth-order valence-corrected chi connectivity index (χ4v) is 2.65. The van der Waals surface area contributed by atoms with Crippen molar-refractivity contribution in [1.29, 1.82) is 0 Å². The maximum atomic E-state index is 12.4. The van der Waals surface area contributed by atoms with Gasteiger partial charge in [-0.25, -0.2) is 0 Å². The van der Waals surface area contributed by atoms with Crippen molar-refractivity contribution in [2.45, 2.75) is 24.9 Å². The van der Waals surface area contributed by atoms with E-state index in [0.29, 0.717) is 12.1 Å².